The molecule has 0 fully saturated rings. The summed E-state index contributed by atoms with van der Waals surface area (Å²) in [6.45, 7) is 6.79. The molecule has 1 N–H and O–H groups in total. The topological polar surface area (TPSA) is 30.5 Å². The zero-order valence-corrected chi connectivity index (χ0v) is 13.0. The molecule has 0 aliphatic carbocycles. The van der Waals surface area contributed by atoms with Crippen molar-refractivity contribution in [3.8, 4) is 11.5 Å². The molecule has 1 aromatic rings. The molecule has 0 aromatic heterocycles. The van der Waals surface area contributed by atoms with E-state index in [1.807, 2.05) is 13.1 Å². The fourth-order valence-electron chi connectivity index (χ4n) is 2.33. The molecule has 0 aliphatic heterocycles. The number of hydrogen-bond donors (Lipinski definition) is 1. The first-order valence-corrected chi connectivity index (χ1v) is 6.80. The smallest absolute Gasteiger partial charge is 0.122 e. The third-order valence-electron chi connectivity index (χ3n) is 3.53. The van der Waals surface area contributed by atoms with Gasteiger partial charge >= 0.3 is 0 Å². The van der Waals surface area contributed by atoms with Gasteiger partial charge in [0.15, 0.2) is 0 Å². The molecule has 1 unspecified atom stereocenters. The van der Waals surface area contributed by atoms with Crippen LogP contribution >= 0.6 is 0 Å². The van der Waals surface area contributed by atoms with Gasteiger partial charge in [-0.25, -0.2) is 0 Å². The van der Waals surface area contributed by atoms with Crippen LogP contribution in [0.15, 0.2) is 18.2 Å². The highest BCUT2D eigenvalue weighted by Crippen LogP contribution is 2.26. The van der Waals surface area contributed by atoms with Crippen molar-refractivity contribution in [3.63, 3.8) is 0 Å². The van der Waals surface area contributed by atoms with Crippen LogP contribution in [0.5, 0.6) is 11.5 Å². The lowest BCUT2D eigenvalue weighted by Gasteiger charge is -2.30. The molecule has 0 saturated heterocycles. The molecule has 0 bridgehead atoms. The first kappa shape index (κ1) is 15.8. The third kappa shape index (κ3) is 4.75. The van der Waals surface area contributed by atoms with Gasteiger partial charge in [0.2, 0.25) is 0 Å². The number of benzene rings is 1. The van der Waals surface area contributed by atoms with Crippen LogP contribution in [0.4, 0.5) is 0 Å². The Morgan fingerprint density at radius 2 is 1.58 bits per heavy atom. The molecule has 1 aromatic carbocycles. The minimum absolute atomic E-state index is 0.262. The van der Waals surface area contributed by atoms with E-state index in [1.54, 1.807) is 14.2 Å². The summed E-state index contributed by atoms with van der Waals surface area (Å²) in [5.74, 6) is 1.71. The molecule has 0 heterocycles. The Hall–Kier alpha value is -1.22. The Kier molecular flexibility index (Phi) is 5.67. The van der Waals surface area contributed by atoms with Gasteiger partial charge in [-0.1, -0.05) is 20.8 Å². The SMILES string of the molecule is CNC(CCc1cc(OC)cc(OC)c1)C(C)(C)C. The zero-order chi connectivity index (χ0) is 14.5. The largest absolute Gasteiger partial charge is 0.497 e. The van der Waals surface area contributed by atoms with E-state index in [1.165, 1.54) is 5.56 Å². The summed E-state index contributed by atoms with van der Waals surface area (Å²) in [7, 11) is 5.40. The Morgan fingerprint density at radius 1 is 1.05 bits per heavy atom. The maximum absolute atomic E-state index is 5.30. The maximum atomic E-state index is 5.30. The minimum atomic E-state index is 0.262. The van der Waals surface area contributed by atoms with Crippen molar-refractivity contribution in [1.29, 1.82) is 0 Å². The monoisotopic (exact) mass is 265 g/mol. The average Bonchev–Trinajstić information content (AvgIpc) is 2.37. The van der Waals surface area contributed by atoms with Crippen molar-refractivity contribution in [3.05, 3.63) is 23.8 Å². The molecule has 0 aliphatic rings. The van der Waals surface area contributed by atoms with Gasteiger partial charge in [-0.15, -0.1) is 0 Å². The molecule has 1 atom stereocenters. The Labute approximate surface area is 117 Å². The first-order valence-electron chi connectivity index (χ1n) is 6.80. The van der Waals surface area contributed by atoms with Crippen LogP contribution in [0.1, 0.15) is 32.8 Å². The van der Waals surface area contributed by atoms with E-state index in [9.17, 15) is 0 Å². The molecule has 3 nitrogen and oxygen atoms in total. The molecule has 0 radical (unpaired) electrons. The summed E-state index contributed by atoms with van der Waals surface area (Å²) in [5, 5.41) is 3.41. The summed E-state index contributed by atoms with van der Waals surface area (Å²) >= 11 is 0. The molecule has 0 spiro atoms. The standard InChI is InChI=1S/C16H27NO2/c1-16(2,3)15(17-4)8-7-12-9-13(18-5)11-14(10-12)19-6/h9-11,15,17H,7-8H2,1-6H3. The average molecular weight is 265 g/mol. The second-order valence-corrected chi connectivity index (χ2v) is 5.97. The fraction of sp³-hybridized carbons (Fsp3) is 0.625. The van der Waals surface area contributed by atoms with Crippen LogP contribution < -0.4 is 14.8 Å². The third-order valence-corrected chi connectivity index (χ3v) is 3.53. The highest BCUT2D eigenvalue weighted by atomic mass is 16.5. The molecule has 19 heavy (non-hydrogen) atoms. The van der Waals surface area contributed by atoms with Gasteiger partial charge in [-0.05, 0) is 43.0 Å². The number of hydrogen-bond acceptors (Lipinski definition) is 3. The zero-order valence-electron chi connectivity index (χ0n) is 13.0. The van der Waals surface area contributed by atoms with Gasteiger partial charge in [0, 0.05) is 12.1 Å². The van der Waals surface area contributed by atoms with E-state index in [0.717, 1.165) is 24.3 Å². The van der Waals surface area contributed by atoms with Crippen molar-refractivity contribution < 1.29 is 9.47 Å². The van der Waals surface area contributed by atoms with Gasteiger partial charge in [0.05, 0.1) is 14.2 Å². The normalized spacial score (nSPS) is 13.2. The number of ether oxygens (including phenoxy) is 2. The van der Waals surface area contributed by atoms with Crippen LogP contribution in [0.2, 0.25) is 0 Å². The first-order chi connectivity index (χ1) is 8.90. The molecule has 0 saturated carbocycles. The van der Waals surface area contributed by atoms with E-state index in [4.69, 9.17) is 9.47 Å². The van der Waals surface area contributed by atoms with Crippen LogP contribution in [0.3, 0.4) is 0 Å². The van der Waals surface area contributed by atoms with Crippen molar-refractivity contribution in [2.75, 3.05) is 21.3 Å². The molecule has 3 heteroatoms. The Bertz CT molecular complexity index is 374. The summed E-state index contributed by atoms with van der Waals surface area (Å²) in [6, 6.07) is 6.56. The van der Waals surface area contributed by atoms with Gasteiger partial charge in [-0.3, -0.25) is 0 Å². The highest BCUT2D eigenvalue weighted by molar-refractivity contribution is 5.38. The summed E-state index contributed by atoms with van der Waals surface area (Å²) in [6.07, 6.45) is 2.10. The summed E-state index contributed by atoms with van der Waals surface area (Å²) in [4.78, 5) is 0. The van der Waals surface area contributed by atoms with Crippen molar-refractivity contribution >= 4 is 0 Å². The van der Waals surface area contributed by atoms with Gasteiger partial charge in [0.1, 0.15) is 11.5 Å². The second kappa shape index (κ2) is 6.80. The lowest BCUT2D eigenvalue weighted by molar-refractivity contribution is 0.268. The number of nitrogens with one attached hydrogen (secondary N) is 1. The lowest BCUT2D eigenvalue weighted by atomic mass is 9.83. The summed E-state index contributed by atoms with van der Waals surface area (Å²) < 4.78 is 10.6. The van der Waals surface area contributed by atoms with Crippen molar-refractivity contribution in [2.45, 2.75) is 39.7 Å². The number of rotatable bonds is 6. The summed E-state index contributed by atoms with van der Waals surface area (Å²) in [5.41, 5.74) is 1.51. The van der Waals surface area contributed by atoms with Crippen molar-refractivity contribution in [2.24, 2.45) is 5.41 Å². The maximum Gasteiger partial charge on any atom is 0.122 e. The predicted octanol–water partition coefficient (Wildman–Crippen LogP) is 3.27. The number of methoxy groups -OCH3 is 2. The van der Waals surface area contributed by atoms with Crippen LogP contribution in [0, 0.1) is 5.41 Å². The lowest BCUT2D eigenvalue weighted by Crippen LogP contribution is -2.38. The molecule has 0 amide bonds. The van der Waals surface area contributed by atoms with E-state index in [2.05, 4.69) is 38.2 Å². The van der Waals surface area contributed by atoms with Crippen molar-refractivity contribution in [1.82, 2.24) is 5.32 Å². The minimum Gasteiger partial charge on any atom is -0.497 e. The molecular formula is C16H27NO2. The van der Waals surface area contributed by atoms with E-state index in [0.29, 0.717) is 6.04 Å². The number of aryl methyl sites for hydroxylation is 1. The van der Waals surface area contributed by atoms with E-state index in [-0.39, 0.29) is 5.41 Å². The van der Waals surface area contributed by atoms with Gasteiger partial charge < -0.3 is 14.8 Å². The molecular weight excluding hydrogens is 238 g/mol. The molecule has 1 rings (SSSR count). The Balaban J connectivity index is 2.76. The Morgan fingerprint density at radius 3 is 1.95 bits per heavy atom. The predicted molar refractivity (Wildman–Crippen MR) is 80.2 cm³/mol. The highest BCUT2D eigenvalue weighted by Gasteiger charge is 2.22. The van der Waals surface area contributed by atoms with Crippen LogP contribution in [-0.2, 0) is 6.42 Å². The second-order valence-electron chi connectivity index (χ2n) is 5.97. The van der Waals surface area contributed by atoms with Crippen LogP contribution in [-0.4, -0.2) is 27.3 Å². The van der Waals surface area contributed by atoms with E-state index < -0.39 is 0 Å². The van der Waals surface area contributed by atoms with E-state index >= 15 is 0 Å². The fourth-order valence-corrected chi connectivity index (χ4v) is 2.33. The quantitative estimate of drug-likeness (QED) is 0.856. The molecule has 108 valence electrons. The van der Waals surface area contributed by atoms with Gasteiger partial charge in [0.25, 0.3) is 0 Å². The van der Waals surface area contributed by atoms with Gasteiger partial charge in [-0.2, -0.15) is 0 Å². The van der Waals surface area contributed by atoms with Crippen LogP contribution in [0.25, 0.3) is 0 Å².